The molecule has 0 saturated carbocycles. The second-order valence-electron chi connectivity index (χ2n) is 5.76. The van der Waals surface area contributed by atoms with Gasteiger partial charge in [0.15, 0.2) is 0 Å². The summed E-state index contributed by atoms with van der Waals surface area (Å²) in [5.41, 5.74) is 6.71. The fourth-order valence-corrected chi connectivity index (χ4v) is 2.63. The first-order chi connectivity index (χ1) is 10.1. The standard InChI is InChI=1S/C15H25N5O/c1-3-12-8-14(18-10-17-12)20-6-4-5-13(9-20)19-15(21)7-11(2)16/h8,10-11,13H,3-7,9,16H2,1-2H3,(H,19,21). The van der Waals surface area contributed by atoms with Crippen LogP contribution in [0.25, 0.3) is 0 Å². The van der Waals surface area contributed by atoms with Gasteiger partial charge in [-0.2, -0.15) is 0 Å². The van der Waals surface area contributed by atoms with Crippen LogP contribution in [0.15, 0.2) is 12.4 Å². The van der Waals surface area contributed by atoms with Crippen molar-refractivity contribution in [3.63, 3.8) is 0 Å². The number of piperidine rings is 1. The highest BCUT2D eigenvalue weighted by Gasteiger charge is 2.22. The highest BCUT2D eigenvalue weighted by molar-refractivity contribution is 5.76. The van der Waals surface area contributed by atoms with E-state index in [0.717, 1.165) is 43.9 Å². The molecule has 0 aromatic carbocycles. The molecule has 6 nitrogen and oxygen atoms in total. The Kier molecular flexibility index (Phi) is 5.50. The minimum Gasteiger partial charge on any atom is -0.354 e. The number of aromatic nitrogens is 2. The number of nitrogens with one attached hydrogen (secondary N) is 1. The summed E-state index contributed by atoms with van der Waals surface area (Å²) in [6, 6.07) is 2.11. The Morgan fingerprint density at radius 2 is 2.38 bits per heavy atom. The molecule has 2 atom stereocenters. The number of rotatable bonds is 5. The Hall–Kier alpha value is -1.69. The molecule has 3 N–H and O–H groups in total. The lowest BCUT2D eigenvalue weighted by atomic mass is 10.0. The van der Waals surface area contributed by atoms with Crippen LogP contribution in [0.1, 0.15) is 38.8 Å². The molecule has 0 aliphatic carbocycles. The third-order valence-corrected chi connectivity index (χ3v) is 3.69. The van der Waals surface area contributed by atoms with E-state index in [0.29, 0.717) is 6.42 Å². The Labute approximate surface area is 126 Å². The highest BCUT2D eigenvalue weighted by Crippen LogP contribution is 2.18. The molecule has 2 unspecified atom stereocenters. The van der Waals surface area contributed by atoms with E-state index < -0.39 is 0 Å². The molecule has 1 aliphatic rings. The Bertz CT molecular complexity index is 477. The number of carbonyl (C=O) groups excluding carboxylic acids is 1. The van der Waals surface area contributed by atoms with Crippen molar-refractivity contribution in [3.8, 4) is 0 Å². The molecule has 1 aromatic rings. The average Bonchev–Trinajstić information content (AvgIpc) is 2.46. The quantitative estimate of drug-likeness (QED) is 0.840. The molecule has 0 radical (unpaired) electrons. The number of anilines is 1. The van der Waals surface area contributed by atoms with Crippen molar-refractivity contribution in [2.45, 2.75) is 51.6 Å². The van der Waals surface area contributed by atoms with Gasteiger partial charge in [0, 0.05) is 43.4 Å². The lowest BCUT2D eigenvalue weighted by molar-refractivity contribution is -0.122. The smallest absolute Gasteiger partial charge is 0.221 e. The van der Waals surface area contributed by atoms with Gasteiger partial charge in [-0.15, -0.1) is 0 Å². The van der Waals surface area contributed by atoms with Crippen LogP contribution >= 0.6 is 0 Å². The normalized spacial score (nSPS) is 20.1. The first kappa shape index (κ1) is 15.7. The zero-order valence-electron chi connectivity index (χ0n) is 12.9. The maximum absolute atomic E-state index is 11.8. The van der Waals surface area contributed by atoms with E-state index in [9.17, 15) is 4.79 Å². The van der Waals surface area contributed by atoms with Crippen LogP contribution in [0.4, 0.5) is 5.82 Å². The third-order valence-electron chi connectivity index (χ3n) is 3.69. The first-order valence-electron chi connectivity index (χ1n) is 7.69. The molecule has 0 bridgehead atoms. The molecule has 1 aliphatic heterocycles. The number of carbonyl (C=O) groups is 1. The lowest BCUT2D eigenvalue weighted by Crippen LogP contribution is -2.48. The number of nitrogens with two attached hydrogens (primary N) is 1. The minimum atomic E-state index is -0.0985. The molecule has 2 heterocycles. The lowest BCUT2D eigenvalue weighted by Gasteiger charge is -2.34. The van der Waals surface area contributed by atoms with Crippen LogP contribution < -0.4 is 16.0 Å². The van der Waals surface area contributed by atoms with Crippen molar-refractivity contribution >= 4 is 11.7 Å². The van der Waals surface area contributed by atoms with Gasteiger partial charge in [0.25, 0.3) is 0 Å². The van der Waals surface area contributed by atoms with Crippen LogP contribution in [0.5, 0.6) is 0 Å². The van der Waals surface area contributed by atoms with Crippen LogP contribution in [-0.2, 0) is 11.2 Å². The van der Waals surface area contributed by atoms with E-state index >= 15 is 0 Å². The summed E-state index contributed by atoms with van der Waals surface area (Å²) in [6.07, 6.45) is 4.95. The fraction of sp³-hybridized carbons (Fsp3) is 0.667. The monoisotopic (exact) mass is 291 g/mol. The Morgan fingerprint density at radius 1 is 1.57 bits per heavy atom. The van der Waals surface area contributed by atoms with Crippen molar-refractivity contribution < 1.29 is 4.79 Å². The molecule has 1 fully saturated rings. The van der Waals surface area contributed by atoms with Crippen molar-refractivity contribution in [1.82, 2.24) is 15.3 Å². The van der Waals surface area contributed by atoms with E-state index in [2.05, 4.69) is 27.1 Å². The second kappa shape index (κ2) is 7.36. The molecule has 21 heavy (non-hydrogen) atoms. The van der Waals surface area contributed by atoms with Crippen LogP contribution in [-0.4, -0.2) is 41.0 Å². The molecule has 1 amide bonds. The topological polar surface area (TPSA) is 84.1 Å². The summed E-state index contributed by atoms with van der Waals surface area (Å²) in [5.74, 6) is 0.988. The first-order valence-corrected chi connectivity index (χ1v) is 7.69. The molecule has 2 rings (SSSR count). The summed E-state index contributed by atoms with van der Waals surface area (Å²) in [4.78, 5) is 22.6. The molecule has 1 aromatic heterocycles. The predicted octanol–water partition coefficient (Wildman–Crippen LogP) is 0.861. The summed E-state index contributed by atoms with van der Waals surface area (Å²) >= 11 is 0. The van der Waals surface area contributed by atoms with E-state index in [1.54, 1.807) is 6.33 Å². The number of nitrogens with zero attached hydrogens (tertiary/aromatic N) is 3. The van der Waals surface area contributed by atoms with E-state index in [1.807, 2.05) is 13.0 Å². The summed E-state index contributed by atoms with van der Waals surface area (Å²) in [7, 11) is 0. The second-order valence-corrected chi connectivity index (χ2v) is 5.76. The molecular weight excluding hydrogens is 266 g/mol. The van der Waals surface area contributed by atoms with Crippen LogP contribution in [0.3, 0.4) is 0 Å². The molecule has 0 spiro atoms. The summed E-state index contributed by atoms with van der Waals surface area (Å²) in [6.45, 7) is 5.70. The van der Waals surface area contributed by atoms with Gasteiger partial charge in [0.05, 0.1) is 0 Å². The zero-order chi connectivity index (χ0) is 15.2. The Balaban J connectivity index is 1.95. The van der Waals surface area contributed by atoms with Gasteiger partial charge in [0.1, 0.15) is 12.1 Å². The molecule has 6 heteroatoms. The van der Waals surface area contributed by atoms with Gasteiger partial charge in [-0.1, -0.05) is 6.92 Å². The summed E-state index contributed by atoms with van der Waals surface area (Å²) < 4.78 is 0. The predicted molar refractivity (Wildman–Crippen MR) is 83.1 cm³/mol. The van der Waals surface area contributed by atoms with Gasteiger partial charge in [-0.05, 0) is 26.2 Å². The average molecular weight is 291 g/mol. The van der Waals surface area contributed by atoms with E-state index in [4.69, 9.17) is 5.73 Å². The number of aryl methyl sites for hydroxylation is 1. The largest absolute Gasteiger partial charge is 0.354 e. The van der Waals surface area contributed by atoms with Crippen molar-refractivity contribution in [1.29, 1.82) is 0 Å². The van der Waals surface area contributed by atoms with E-state index in [1.165, 1.54) is 0 Å². The van der Waals surface area contributed by atoms with Gasteiger partial charge in [0.2, 0.25) is 5.91 Å². The molecule has 116 valence electrons. The SMILES string of the molecule is CCc1cc(N2CCCC(NC(=O)CC(C)N)C2)ncn1. The number of hydrogen-bond donors (Lipinski definition) is 2. The zero-order valence-corrected chi connectivity index (χ0v) is 12.9. The summed E-state index contributed by atoms with van der Waals surface area (Å²) in [5, 5.41) is 3.07. The number of amides is 1. The van der Waals surface area contributed by atoms with Crippen LogP contribution in [0.2, 0.25) is 0 Å². The third kappa shape index (κ3) is 4.67. The van der Waals surface area contributed by atoms with Crippen LogP contribution in [0, 0.1) is 0 Å². The number of hydrogen-bond acceptors (Lipinski definition) is 5. The minimum absolute atomic E-state index is 0.0359. The van der Waals surface area contributed by atoms with E-state index in [-0.39, 0.29) is 18.0 Å². The van der Waals surface area contributed by atoms with Crippen molar-refractivity contribution in [2.75, 3.05) is 18.0 Å². The molecular formula is C15H25N5O. The van der Waals surface area contributed by atoms with Gasteiger partial charge < -0.3 is 16.0 Å². The molecule has 1 saturated heterocycles. The van der Waals surface area contributed by atoms with Crippen molar-refractivity contribution in [2.24, 2.45) is 5.73 Å². The highest BCUT2D eigenvalue weighted by atomic mass is 16.1. The van der Waals surface area contributed by atoms with Gasteiger partial charge in [-0.3, -0.25) is 4.79 Å². The Morgan fingerprint density at radius 3 is 3.10 bits per heavy atom. The van der Waals surface area contributed by atoms with Gasteiger partial charge >= 0.3 is 0 Å². The fourth-order valence-electron chi connectivity index (χ4n) is 2.63. The maximum atomic E-state index is 11.8. The van der Waals surface area contributed by atoms with Crippen molar-refractivity contribution in [3.05, 3.63) is 18.1 Å². The maximum Gasteiger partial charge on any atom is 0.221 e. The van der Waals surface area contributed by atoms with Gasteiger partial charge in [-0.25, -0.2) is 9.97 Å².